The molecule has 1 rings (SSSR count). The van der Waals surface area contributed by atoms with Crippen LogP contribution >= 0.6 is 27.7 Å². The van der Waals surface area contributed by atoms with E-state index in [-0.39, 0.29) is 11.9 Å². The van der Waals surface area contributed by atoms with Crippen LogP contribution in [0.15, 0.2) is 33.6 Å². The van der Waals surface area contributed by atoms with Crippen LogP contribution in [-0.2, 0) is 4.79 Å². The van der Waals surface area contributed by atoms with Crippen LogP contribution in [0, 0.1) is 0 Å². The molecule has 0 aliphatic rings. The van der Waals surface area contributed by atoms with E-state index < -0.39 is 0 Å². The molecule has 1 aromatic rings. The van der Waals surface area contributed by atoms with Gasteiger partial charge in [-0.2, -0.15) is 0 Å². The van der Waals surface area contributed by atoms with Gasteiger partial charge in [0.1, 0.15) is 0 Å². The van der Waals surface area contributed by atoms with E-state index in [9.17, 15) is 4.79 Å². The second-order valence-electron chi connectivity index (χ2n) is 3.76. The number of thioether (sulfide) groups is 1. The summed E-state index contributed by atoms with van der Waals surface area (Å²) in [6.45, 7) is 2.38. The van der Waals surface area contributed by atoms with Crippen LogP contribution in [0.25, 0.3) is 0 Å². The Morgan fingerprint density at radius 2 is 2.12 bits per heavy atom. The van der Waals surface area contributed by atoms with E-state index in [1.165, 1.54) is 4.90 Å². The number of carbonyl (C=O) groups is 1. The van der Waals surface area contributed by atoms with Gasteiger partial charge in [-0.05, 0) is 31.2 Å². The van der Waals surface area contributed by atoms with Gasteiger partial charge in [-0.3, -0.25) is 4.79 Å². The van der Waals surface area contributed by atoms with E-state index in [0.717, 1.165) is 10.2 Å². The molecule has 0 unspecified atom stereocenters. The number of hydrogen-bond acceptors (Lipinski definition) is 3. The van der Waals surface area contributed by atoms with Crippen molar-refractivity contribution in [1.29, 1.82) is 0 Å². The monoisotopic (exact) mass is 316 g/mol. The first-order valence-corrected chi connectivity index (χ1v) is 7.27. The average molecular weight is 317 g/mol. The van der Waals surface area contributed by atoms with Crippen LogP contribution in [0.3, 0.4) is 0 Å². The lowest BCUT2D eigenvalue weighted by atomic mass is 10.3. The lowest BCUT2D eigenvalue weighted by molar-refractivity contribution is -0.121. The van der Waals surface area contributed by atoms with Crippen LogP contribution in [0.4, 0.5) is 0 Å². The predicted molar refractivity (Wildman–Crippen MR) is 76.1 cm³/mol. The molecule has 0 aromatic heterocycles. The maximum atomic E-state index is 11.5. The SMILES string of the molecule is C[C@@H](CN)NC(=O)CCSc1ccc(Br)cc1. The Morgan fingerprint density at radius 3 is 2.71 bits per heavy atom. The topological polar surface area (TPSA) is 55.1 Å². The first kappa shape index (κ1) is 14.5. The molecule has 3 nitrogen and oxygen atoms in total. The van der Waals surface area contributed by atoms with Crippen LogP contribution in [-0.4, -0.2) is 24.2 Å². The summed E-state index contributed by atoms with van der Waals surface area (Å²) in [7, 11) is 0. The fourth-order valence-corrected chi connectivity index (χ4v) is 2.31. The Hall–Kier alpha value is -0.520. The quantitative estimate of drug-likeness (QED) is 0.792. The van der Waals surface area contributed by atoms with Gasteiger partial charge < -0.3 is 11.1 Å². The smallest absolute Gasteiger partial charge is 0.221 e. The van der Waals surface area contributed by atoms with Gasteiger partial charge in [0.05, 0.1) is 0 Å². The molecule has 0 spiro atoms. The molecule has 0 bridgehead atoms. The minimum atomic E-state index is 0.0557. The summed E-state index contributed by atoms with van der Waals surface area (Å²) >= 11 is 5.07. The first-order chi connectivity index (χ1) is 8.11. The van der Waals surface area contributed by atoms with Crippen molar-refractivity contribution in [2.24, 2.45) is 5.73 Å². The second kappa shape index (κ2) is 7.74. The highest BCUT2D eigenvalue weighted by Gasteiger charge is 2.05. The Kier molecular flexibility index (Phi) is 6.62. The molecule has 0 fully saturated rings. The molecular formula is C12H17BrN2OS. The zero-order chi connectivity index (χ0) is 12.7. The van der Waals surface area contributed by atoms with Gasteiger partial charge in [0.15, 0.2) is 0 Å². The summed E-state index contributed by atoms with van der Waals surface area (Å²) in [4.78, 5) is 12.6. The summed E-state index contributed by atoms with van der Waals surface area (Å²) in [5.41, 5.74) is 5.43. The molecule has 0 aliphatic heterocycles. The first-order valence-electron chi connectivity index (χ1n) is 5.49. The maximum Gasteiger partial charge on any atom is 0.221 e. The number of rotatable bonds is 6. The number of amides is 1. The highest BCUT2D eigenvalue weighted by atomic mass is 79.9. The van der Waals surface area contributed by atoms with Crippen molar-refractivity contribution in [2.45, 2.75) is 24.3 Å². The molecule has 1 atom stereocenters. The Bertz CT molecular complexity index is 356. The summed E-state index contributed by atoms with van der Waals surface area (Å²) in [6.07, 6.45) is 0.519. The number of nitrogens with one attached hydrogen (secondary N) is 1. The van der Waals surface area contributed by atoms with Crippen molar-refractivity contribution < 1.29 is 4.79 Å². The summed E-state index contributed by atoms with van der Waals surface area (Å²) < 4.78 is 1.07. The van der Waals surface area contributed by atoms with Crippen LogP contribution in [0.5, 0.6) is 0 Å². The van der Waals surface area contributed by atoms with Crippen molar-refractivity contribution in [3.8, 4) is 0 Å². The Morgan fingerprint density at radius 1 is 1.47 bits per heavy atom. The number of carbonyl (C=O) groups excluding carboxylic acids is 1. The van der Waals surface area contributed by atoms with Crippen molar-refractivity contribution in [3.63, 3.8) is 0 Å². The lowest BCUT2D eigenvalue weighted by Crippen LogP contribution is -2.37. The minimum absolute atomic E-state index is 0.0557. The third-order valence-electron chi connectivity index (χ3n) is 2.17. The molecule has 17 heavy (non-hydrogen) atoms. The van der Waals surface area contributed by atoms with E-state index in [4.69, 9.17) is 5.73 Å². The van der Waals surface area contributed by atoms with E-state index in [1.54, 1.807) is 11.8 Å². The fourth-order valence-electron chi connectivity index (χ4n) is 1.20. The van der Waals surface area contributed by atoms with Gasteiger partial charge in [-0.15, -0.1) is 11.8 Å². The zero-order valence-corrected chi connectivity index (χ0v) is 12.2. The van der Waals surface area contributed by atoms with Crippen LogP contribution < -0.4 is 11.1 Å². The molecule has 0 heterocycles. The predicted octanol–water partition coefficient (Wildman–Crippen LogP) is 2.39. The second-order valence-corrected chi connectivity index (χ2v) is 5.84. The number of benzene rings is 1. The summed E-state index contributed by atoms with van der Waals surface area (Å²) in [5.74, 6) is 0.845. The van der Waals surface area contributed by atoms with E-state index in [0.29, 0.717) is 13.0 Å². The van der Waals surface area contributed by atoms with Crippen LogP contribution in [0.2, 0.25) is 0 Å². The van der Waals surface area contributed by atoms with Gasteiger partial charge in [0.25, 0.3) is 0 Å². The number of nitrogens with two attached hydrogens (primary N) is 1. The molecule has 1 amide bonds. The van der Waals surface area contributed by atoms with Crippen molar-refractivity contribution in [2.75, 3.05) is 12.3 Å². The van der Waals surface area contributed by atoms with E-state index in [2.05, 4.69) is 21.2 Å². The van der Waals surface area contributed by atoms with Gasteiger partial charge in [0, 0.05) is 34.1 Å². The van der Waals surface area contributed by atoms with Crippen molar-refractivity contribution in [1.82, 2.24) is 5.32 Å². The van der Waals surface area contributed by atoms with Gasteiger partial charge in [-0.25, -0.2) is 0 Å². The highest BCUT2D eigenvalue weighted by molar-refractivity contribution is 9.10. The largest absolute Gasteiger partial charge is 0.352 e. The third-order valence-corrected chi connectivity index (χ3v) is 3.71. The molecule has 94 valence electrons. The normalized spacial score (nSPS) is 12.2. The Labute approximate surface area is 115 Å². The molecular weight excluding hydrogens is 300 g/mol. The molecule has 0 saturated carbocycles. The van der Waals surface area contributed by atoms with Crippen molar-refractivity contribution in [3.05, 3.63) is 28.7 Å². The molecule has 1 aromatic carbocycles. The maximum absolute atomic E-state index is 11.5. The third kappa shape index (κ3) is 6.10. The lowest BCUT2D eigenvalue weighted by Gasteiger charge is -2.10. The minimum Gasteiger partial charge on any atom is -0.352 e. The highest BCUT2D eigenvalue weighted by Crippen LogP contribution is 2.21. The molecule has 0 saturated heterocycles. The van der Waals surface area contributed by atoms with E-state index in [1.807, 2.05) is 31.2 Å². The zero-order valence-electron chi connectivity index (χ0n) is 9.78. The van der Waals surface area contributed by atoms with Crippen LogP contribution in [0.1, 0.15) is 13.3 Å². The molecule has 5 heteroatoms. The van der Waals surface area contributed by atoms with Crippen molar-refractivity contribution >= 4 is 33.6 Å². The molecule has 3 N–H and O–H groups in total. The van der Waals surface area contributed by atoms with Gasteiger partial charge >= 0.3 is 0 Å². The fraction of sp³-hybridized carbons (Fsp3) is 0.417. The van der Waals surface area contributed by atoms with Gasteiger partial charge in [0.2, 0.25) is 5.91 Å². The molecule has 0 radical (unpaired) electrons. The summed E-state index contributed by atoms with van der Waals surface area (Å²) in [6, 6.07) is 8.13. The standard InChI is InChI=1S/C12H17BrN2OS/c1-9(8-14)15-12(16)6-7-17-11-4-2-10(13)3-5-11/h2-5,9H,6-8,14H2,1H3,(H,15,16)/t9-/m0/s1. The van der Waals surface area contributed by atoms with Gasteiger partial charge in [-0.1, -0.05) is 15.9 Å². The molecule has 0 aliphatic carbocycles. The number of hydrogen-bond donors (Lipinski definition) is 2. The number of halogens is 1. The van der Waals surface area contributed by atoms with E-state index >= 15 is 0 Å². The summed E-state index contributed by atoms with van der Waals surface area (Å²) in [5, 5.41) is 2.84. The average Bonchev–Trinajstić information content (AvgIpc) is 2.31. The Balaban J connectivity index is 2.23.